The van der Waals surface area contributed by atoms with Gasteiger partial charge in [-0.25, -0.2) is 4.90 Å². The van der Waals surface area contributed by atoms with Gasteiger partial charge in [0, 0.05) is 30.1 Å². The molecule has 7 heteroatoms. The van der Waals surface area contributed by atoms with Crippen molar-refractivity contribution >= 4 is 11.1 Å². The van der Waals surface area contributed by atoms with Crippen LogP contribution < -0.4 is 9.47 Å². The number of nitrogens with zero attached hydrogens (tertiary/aromatic N) is 1. The van der Waals surface area contributed by atoms with E-state index in [1.165, 1.54) is 4.90 Å². The Hall–Kier alpha value is -3.58. The SMILES string of the molecule is CC1=C(c2cccc(O)c2)C(c2ccc(OCC(C)N3CCCC3(F)F)cc2)Oc2ccc(O)cc21. The second-order valence-corrected chi connectivity index (χ2v) is 9.46. The number of ether oxygens (including phenoxy) is 2. The van der Waals surface area contributed by atoms with Gasteiger partial charge < -0.3 is 19.7 Å². The quantitative estimate of drug-likeness (QED) is 0.378. The van der Waals surface area contributed by atoms with E-state index in [-0.39, 0.29) is 24.5 Å². The van der Waals surface area contributed by atoms with Crippen LogP contribution in [-0.4, -0.2) is 40.4 Å². The second-order valence-electron chi connectivity index (χ2n) is 9.46. The van der Waals surface area contributed by atoms with E-state index < -0.39 is 18.2 Å². The molecule has 3 aromatic rings. The van der Waals surface area contributed by atoms with Crippen LogP contribution in [0.5, 0.6) is 23.0 Å². The summed E-state index contributed by atoms with van der Waals surface area (Å²) in [6, 6.07) is 16.3. The number of alkyl halides is 2. The molecule has 188 valence electrons. The normalized spacial score (nSPS) is 20.1. The predicted molar refractivity (Wildman–Crippen MR) is 134 cm³/mol. The molecule has 5 rings (SSSR count). The highest BCUT2D eigenvalue weighted by Crippen LogP contribution is 2.47. The van der Waals surface area contributed by atoms with Gasteiger partial charge in [0.1, 0.15) is 35.7 Å². The number of aromatic hydroxyl groups is 2. The van der Waals surface area contributed by atoms with Crippen LogP contribution in [0.1, 0.15) is 49.5 Å². The largest absolute Gasteiger partial charge is 0.508 e. The van der Waals surface area contributed by atoms with Crippen molar-refractivity contribution in [2.75, 3.05) is 13.2 Å². The van der Waals surface area contributed by atoms with E-state index in [4.69, 9.17) is 9.47 Å². The number of phenols is 2. The molecule has 2 heterocycles. The van der Waals surface area contributed by atoms with Gasteiger partial charge in [-0.1, -0.05) is 24.3 Å². The summed E-state index contributed by atoms with van der Waals surface area (Å²) < 4.78 is 40.3. The van der Waals surface area contributed by atoms with Crippen molar-refractivity contribution in [2.24, 2.45) is 0 Å². The van der Waals surface area contributed by atoms with Crippen molar-refractivity contribution in [2.45, 2.75) is 44.9 Å². The van der Waals surface area contributed by atoms with Crippen molar-refractivity contribution in [1.29, 1.82) is 0 Å². The Morgan fingerprint density at radius 2 is 1.81 bits per heavy atom. The number of allylic oxidation sites excluding steroid dienone is 1. The molecule has 2 atom stereocenters. The van der Waals surface area contributed by atoms with E-state index in [2.05, 4.69) is 0 Å². The number of hydrogen-bond donors (Lipinski definition) is 2. The summed E-state index contributed by atoms with van der Waals surface area (Å²) in [6.07, 6.45) is -0.0741. The van der Waals surface area contributed by atoms with E-state index >= 15 is 0 Å². The first kappa shape index (κ1) is 24.1. The van der Waals surface area contributed by atoms with Gasteiger partial charge in [0.15, 0.2) is 0 Å². The maximum absolute atomic E-state index is 14.0. The lowest BCUT2D eigenvalue weighted by atomic mass is 9.86. The lowest BCUT2D eigenvalue weighted by Gasteiger charge is -2.31. The minimum absolute atomic E-state index is 0.107. The number of rotatable bonds is 6. The molecule has 1 fully saturated rings. The van der Waals surface area contributed by atoms with Gasteiger partial charge >= 0.3 is 6.05 Å². The van der Waals surface area contributed by atoms with Gasteiger partial charge in [-0.2, -0.15) is 8.78 Å². The molecule has 0 amide bonds. The summed E-state index contributed by atoms with van der Waals surface area (Å²) in [5.74, 6) is 1.54. The fourth-order valence-corrected chi connectivity index (χ4v) is 5.08. The monoisotopic (exact) mass is 493 g/mol. The van der Waals surface area contributed by atoms with Crippen LogP contribution in [0.25, 0.3) is 11.1 Å². The summed E-state index contributed by atoms with van der Waals surface area (Å²) in [5, 5.41) is 20.1. The molecule has 0 aromatic heterocycles. The zero-order valence-electron chi connectivity index (χ0n) is 20.2. The molecule has 2 aliphatic heterocycles. The molecule has 0 saturated carbocycles. The molecule has 0 radical (unpaired) electrons. The molecular formula is C29H29F2NO4. The molecule has 36 heavy (non-hydrogen) atoms. The van der Waals surface area contributed by atoms with Crippen molar-refractivity contribution in [3.8, 4) is 23.0 Å². The smallest absolute Gasteiger partial charge is 0.305 e. The Morgan fingerprint density at radius 1 is 1.06 bits per heavy atom. The van der Waals surface area contributed by atoms with E-state index in [0.717, 1.165) is 27.8 Å². The summed E-state index contributed by atoms with van der Waals surface area (Å²) in [5.41, 5.74) is 4.29. The Balaban J connectivity index is 1.41. The Morgan fingerprint density at radius 3 is 2.50 bits per heavy atom. The number of phenolic OH excluding ortho intramolecular Hbond substituents is 2. The molecule has 2 aliphatic rings. The average Bonchev–Trinajstić information content (AvgIpc) is 3.22. The Kier molecular flexibility index (Phi) is 6.35. The van der Waals surface area contributed by atoms with Gasteiger partial charge in [0.2, 0.25) is 0 Å². The van der Waals surface area contributed by atoms with Gasteiger partial charge in [0.25, 0.3) is 0 Å². The van der Waals surface area contributed by atoms with Gasteiger partial charge in [-0.15, -0.1) is 0 Å². The molecular weight excluding hydrogens is 464 g/mol. The molecule has 0 bridgehead atoms. The first-order chi connectivity index (χ1) is 17.2. The molecule has 2 unspecified atom stereocenters. The fourth-order valence-electron chi connectivity index (χ4n) is 5.08. The lowest BCUT2D eigenvalue weighted by molar-refractivity contribution is -0.138. The standard InChI is InChI=1S/C29H29F2NO4/c1-18(32-14-4-13-29(32,30)31)17-35-24-10-7-20(8-11-24)28-27(21-5-3-6-22(33)15-21)19(2)25-16-23(34)9-12-26(25)36-28/h3,5-12,15-16,18,28,33-34H,4,13-14,17H2,1-2H3. The van der Waals surface area contributed by atoms with Crippen LogP contribution in [0.3, 0.4) is 0 Å². The number of benzene rings is 3. The van der Waals surface area contributed by atoms with Crippen molar-refractivity contribution < 1.29 is 28.5 Å². The van der Waals surface area contributed by atoms with Crippen molar-refractivity contribution in [1.82, 2.24) is 4.90 Å². The minimum Gasteiger partial charge on any atom is -0.508 e. The van der Waals surface area contributed by atoms with Crippen molar-refractivity contribution in [3.05, 3.63) is 83.4 Å². The molecule has 1 saturated heterocycles. The highest BCUT2D eigenvalue weighted by molar-refractivity contribution is 5.95. The molecule has 0 aliphatic carbocycles. The maximum atomic E-state index is 14.0. The number of hydrogen-bond acceptors (Lipinski definition) is 5. The van der Waals surface area contributed by atoms with Gasteiger partial charge in [-0.3, -0.25) is 0 Å². The first-order valence-electron chi connectivity index (χ1n) is 12.1. The van der Waals surface area contributed by atoms with Crippen LogP contribution in [-0.2, 0) is 0 Å². The predicted octanol–water partition coefficient (Wildman–Crippen LogP) is 6.62. The van der Waals surface area contributed by atoms with Crippen LogP contribution in [0, 0.1) is 0 Å². The Bertz CT molecular complexity index is 1290. The summed E-state index contributed by atoms with van der Waals surface area (Å²) in [7, 11) is 0. The topological polar surface area (TPSA) is 62.2 Å². The summed E-state index contributed by atoms with van der Waals surface area (Å²) in [6.45, 7) is 4.27. The van der Waals surface area contributed by atoms with Crippen LogP contribution in [0.4, 0.5) is 8.78 Å². The molecule has 5 nitrogen and oxygen atoms in total. The van der Waals surface area contributed by atoms with E-state index in [1.54, 1.807) is 43.3 Å². The number of fused-ring (bicyclic) bond motifs is 1. The Labute approximate surface area is 209 Å². The summed E-state index contributed by atoms with van der Waals surface area (Å²) in [4.78, 5) is 1.21. The molecule has 3 aromatic carbocycles. The van der Waals surface area contributed by atoms with Gasteiger partial charge in [-0.05, 0) is 79.4 Å². The van der Waals surface area contributed by atoms with E-state index in [0.29, 0.717) is 24.5 Å². The first-order valence-corrected chi connectivity index (χ1v) is 12.1. The van der Waals surface area contributed by atoms with E-state index in [9.17, 15) is 19.0 Å². The highest BCUT2D eigenvalue weighted by Gasteiger charge is 2.44. The van der Waals surface area contributed by atoms with Crippen LogP contribution in [0.2, 0.25) is 0 Å². The number of halogens is 2. The zero-order valence-corrected chi connectivity index (χ0v) is 20.2. The second kappa shape index (κ2) is 9.47. The molecule has 2 N–H and O–H groups in total. The molecule has 0 spiro atoms. The third-order valence-electron chi connectivity index (χ3n) is 6.94. The van der Waals surface area contributed by atoms with E-state index in [1.807, 2.05) is 37.3 Å². The summed E-state index contributed by atoms with van der Waals surface area (Å²) >= 11 is 0. The van der Waals surface area contributed by atoms with Gasteiger partial charge in [0.05, 0.1) is 0 Å². The third kappa shape index (κ3) is 4.63. The maximum Gasteiger partial charge on any atom is 0.305 e. The minimum atomic E-state index is -2.77. The van der Waals surface area contributed by atoms with Crippen molar-refractivity contribution in [3.63, 3.8) is 0 Å². The lowest BCUT2D eigenvalue weighted by Crippen LogP contribution is -2.44. The van der Waals surface area contributed by atoms with Crippen LogP contribution >= 0.6 is 0 Å². The van der Waals surface area contributed by atoms with Crippen LogP contribution in [0.15, 0.2) is 66.7 Å². The highest BCUT2D eigenvalue weighted by atomic mass is 19.3. The zero-order chi connectivity index (χ0) is 25.4. The average molecular weight is 494 g/mol. The third-order valence-corrected chi connectivity index (χ3v) is 6.94. The number of likely N-dealkylation sites (tertiary alicyclic amines) is 1. The fraction of sp³-hybridized carbons (Fsp3) is 0.310.